The fourth-order valence-electron chi connectivity index (χ4n) is 2.02. The molecular formula is C16H14F3N3O3. The number of benzene rings is 2. The van der Waals surface area contributed by atoms with Crippen LogP contribution in [0.5, 0.6) is 0 Å². The standard InChI is InChI=1S/C16H14F3N3O3/c1-10(20-13-3-2-4-14(9-13)22(24)25)15(23)21-12-7-5-11(6-8-12)16(17,18)19/h2-10,20H,1H3,(H,21,23)/t10-/m1/s1. The highest BCUT2D eigenvalue weighted by atomic mass is 19.4. The van der Waals surface area contributed by atoms with Crippen LogP contribution in [0.2, 0.25) is 0 Å². The Hall–Kier alpha value is -3.10. The molecule has 0 aliphatic carbocycles. The van der Waals surface area contributed by atoms with Crippen molar-refractivity contribution >= 4 is 23.0 Å². The Kier molecular flexibility index (Phi) is 5.26. The van der Waals surface area contributed by atoms with Crippen molar-refractivity contribution in [3.63, 3.8) is 0 Å². The molecule has 9 heteroatoms. The Morgan fingerprint density at radius 3 is 2.32 bits per heavy atom. The minimum atomic E-state index is -4.45. The van der Waals surface area contributed by atoms with E-state index in [0.717, 1.165) is 24.3 Å². The van der Waals surface area contributed by atoms with Gasteiger partial charge in [-0.2, -0.15) is 13.2 Å². The zero-order chi connectivity index (χ0) is 18.6. The maximum absolute atomic E-state index is 12.5. The van der Waals surface area contributed by atoms with Gasteiger partial charge >= 0.3 is 6.18 Å². The van der Waals surface area contributed by atoms with Crippen LogP contribution in [0.15, 0.2) is 48.5 Å². The van der Waals surface area contributed by atoms with Crippen molar-refractivity contribution in [2.24, 2.45) is 0 Å². The van der Waals surface area contributed by atoms with E-state index in [-0.39, 0.29) is 11.4 Å². The molecule has 2 rings (SSSR count). The first-order chi connectivity index (χ1) is 11.7. The summed E-state index contributed by atoms with van der Waals surface area (Å²) in [7, 11) is 0. The van der Waals surface area contributed by atoms with E-state index in [9.17, 15) is 28.1 Å². The summed E-state index contributed by atoms with van der Waals surface area (Å²) < 4.78 is 37.5. The van der Waals surface area contributed by atoms with Gasteiger partial charge in [0.2, 0.25) is 5.91 Å². The van der Waals surface area contributed by atoms with Crippen molar-refractivity contribution in [3.05, 3.63) is 64.2 Å². The van der Waals surface area contributed by atoms with Gasteiger partial charge in [-0.05, 0) is 37.3 Å². The molecule has 2 N–H and O–H groups in total. The van der Waals surface area contributed by atoms with Crippen LogP contribution in [0.1, 0.15) is 12.5 Å². The number of nitro groups is 1. The molecule has 1 amide bonds. The van der Waals surface area contributed by atoms with E-state index in [1.54, 1.807) is 6.07 Å². The van der Waals surface area contributed by atoms with Crippen molar-refractivity contribution < 1.29 is 22.9 Å². The first-order valence-corrected chi connectivity index (χ1v) is 7.16. The van der Waals surface area contributed by atoms with Crippen molar-refractivity contribution in [1.29, 1.82) is 0 Å². The number of non-ortho nitro benzene ring substituents is 1. The highest BCUT2D eigenvalue weighted by molar-refractivity contribution is 5.96. The molecule has 0 fully saturated rings. The Morgan fingerprint density at radius 1 is 1.12 bits per heavy atom. The number of halogens is 3. The molecule has 1 atom stereocenters. The summed E-state index contributed by atoms with van der Waals surface area (Å²) >= 11 is 0. The first-order valence-electron chi connectivity index (χ1n) is 7.16. The highest BCUT2D eigenvalue weighted by Gasteiger charge is 2.30. The Morgan fingerprint density at radius 2 is 1.76 bits per heavy atom. The summed E-state index contributed by atoms with van der Waals surface area (Å²) in [4.78, 5) is 22.3. The van der Waals surface area contributed by atoms with Crippen LogP contribution in [-0.4, -0.2) is 16.9 Å². The van der Waals surface area contributed by atoms with Crippen LogP contribution in [-0.2, 0) is 11.0 Å². The maximum Gasteiger partial charge on any atom is 0.416 e. The third kappa shape index (κ3) is 4.93. The van der Waals surface area contributed by atoms with Gasteiger partial charge in [0.15, 0.2) is 0 Å². The molecule has 0 heterocycles. The van der Waals surface area contributed by atoms with E-state index in [0.29, 0.717) is 5.69 Å². The van der Waals surface area contributed by atoms with Crippen molar-refractivity contribution in [1.82, 2.24) is 0 Å². The van der Waals surface area contributed by atoms with Gasteiger partial charge < -0.3 is 10.6 Å². The van der Waals surface area contributed by atoms with Crippen LogP contribution in [0, 0.1) is 10.1 Å². The van der Waals surface area contributed by atoms with E-state index < -0.39 is 28.6 Å². The lowest BCUT2D eigenvalue weighted by molar-refractivity contribution is -0.384. The second-order valence-corrected chi connectivity index (χ2v) is 5.24. The Bertz CT molecular complexity index is 776. The van der Waals surface area contributed by atoms with Crippen LogP contribution in [0.3, 0.4) is 0 Å². The molecule has 0 aromatic heterocycles. The van der Waals surface area contributed by atoms with Gasteiger partial charge in [0.05, 0.1) is 10.5 Å². The van der Waals surface area contributed by atoms with E-state index in [4.69, 9.17) is 0 Å². The molecule has 132 valence electrons. The van der Waals surface area contributed by atoms with Crippen LogP contribution >= 0.6 is 0 Å². The molecule has 25 heavy (non-hydrogen) atoms. The molecule has 0 saturated carbocycles. The smallest absolute Gasteiger partial charge is 0.374 e. The zero-order valence-corrected chi connectivity index (χ0v) is 13.0. The number of alkyl halides is 3. The number of nitrogens with zero attached hydrogens (tertiary/aromatic N) is 1. The van der Waals surface area contributed by atoms with E-state index in [2.05, 4.69) is 10.6 Å². The number of hydrogen-bond donors (Lipinski definition) is 2. The van der Waals surface area contributed by atoms with Crippen LogP contribution in [0.25, 0.3) is 0 Å². The van der Waals surface area contributed by atoms with Gasteiger partial charge in [-0.3, -0.25) is 14.9 Å². The maximum atomic E-state index is 12.5. The number of carbonyl (C=O) groups is 1. The normalized spacial score (nSPS) is 12.3. The lowest BCUT2D eigenvalue weighted by Gasteiger charge is -2.15. The van der Waals surface area contributed by atoms with Gasteiger partial charge in [0.1, 0.15) is 6.04 Å². The number of anilines is 2. The third-order valence-corrected chi connectivity index (χ3v) is 3.31. The Labute approximate surface area is 140 Å². The van der Waals surface area contributed by atoms with E-state index in [1.165, 1.54) is 25.1 Å². The fourth-order valence-corrected chi connectivity index (χ4v) is 2.02. The molecule has 0 aliphatic heterocycles. The highest BCUT2D eigenvalue weighted by Crippen LogP contribution is 2.29. The van der Waals surface area contributed by atoms with Gasteiger partial charge in [-0.15, -0.1) is 0 Å². The van der Waals surface area contributed by atoms with Gasteiger partial charge in [-0.1, -0.05) is 6.07 Å². The predicted octanol–water partition coefficient (Wildman–Crippen LogP) is 4.05. The second-order valence-electron chi connectivity index (χ2n) is 5.24. The summed E-state index contributed by atoms with van der Waals surface area (Å²) in [5.74, 6) is -0.494. The largest absolute Gasteiger partial charge is 0.416 e. The first kappa shape index (κ1) is 18.2. The van der Waals surface area contributed by atoms with Gasteiger partial charge in [0, 0.05) is 23.5 Å². The minimum absolute atomic E-state index is 0.125. The molecule has 0 spiro atoms. The number of hydrogen-bond acceptors (Lipinski definition) is 4. The van der Waals surface area contributed by atoms with Crippen molar-refractivity contribution in [2.75, 3.05) is 10.6 Å². The lowest BCUT2D eigenvalue weighted by atomic mass is 10.2. The summed E-state index contributed by atoms with van der Waals surface area (Å²) in [6.45, 7) is 1.53. The third-order valence-electron chi connectivity index (χ3n) is 3.31. The molecule has 2 aromatic carbocycles. The number of carbonyl (C=O) groups excluding carboxylic acids is 1. The molecule has 0 unspecified atom stereocenters. The summed E-state index contributed by atoms with van der Waals surface area (Å²) in [6, 6.07) is 8.92. The average molecular weight is 353 g/mol. The topological polar surface area (TPSA) is 84.3 Å². The number of nitrogens with one attached hydrogen (secondary N) is 2. The number of nitro benzene ring substituents is 1. The number of amides is 1. The summed E-state index contributed by atoms with van der Waals surface area (Å²) in [5.41, 5.74) is -0.344. The molecule has 0 saturated heterocycles. The van der Waals surface area contributed by atoms with E-state index in [1.807, 2.05) is 0 Å². The van der Waals surface area contributed by atoms with Crippen molar-refractivity contribution in [2.45, 2.75) is 19.1 Å². The molecule has 6 nitrogen and oxygen atoms in total. The molecule has 0 radical (unpaired) electrons. The van der Waals surface area contributed by atoms with E-state index >= 15 is 0 Å². The second kappa shape index (κ2) is 7.20. The zero-order valence-electron chi connectivity index (χ0n) is 13.0. The molecule has 0 aliphatic rings. The summed E-state index contributed by atoms with van der Waals surface area (Å²) in [6.07, 6.45) is -4.45. The van der Waals surface area contributed by atoms with Gasteiger partial charge in [-0.25, -0.2) is 0 Å². The quantitative estimate of drug-likeness (QED) is 0.627. The van der Waals surface area contributed by atoms with Gasteiger partial charge in [0.25, 0.3) is 5.69 Å². The molecule has 0 bridgehead atoms. The lowest BCUT2D eigenvalue weighted by Crippen LogP contribution is -2.31. The van der Waals surface area contributed by atoms with Crippen LogP contribution in [0.4, 0.5) is 30.2 Å². The Balaban J connectivity index is 2.00. The summed E-state index contributed by atoms with van der Waals surface area (Å²) in [5, 5.41) is 16.0. The molecular weight excluding hydrogens is 339 g/mol. The molecule has 2 aromatic rings. The van der Waals surface area contributed by atoms with Crippen molar-refractivity contribution in [3.8, 4) is 0 Å². The SMILES string of the molecule is C[C@@H](Nc1cccc([N+](=O)[O-])c1)C(=O)Nc1ccc(C(F)(F)F)cc1. The average Bonchev–Trinajstić information content (AvgIpc) is 2.54. The number of rotatable bonds is 5. The fraction of sp³-hybridized carbons (Fsp3) is 0.188. The predicted molar refractivity (Wildman–Crippen MR) is 86.3 cm³/mol. The minimum Gasteiger partial charge on any atom is -0.374 e. The van der Waals surface area contributed by atoms with Crippen LogP contribution < -0.4 is 10.6 Å². The monoisotopic (exact) mass is 353 g/mol.